The summed E-state index contributed by atoms with van der Waals surface area (Å²) >= 11 is 3.53. The molecule has 0 amide bonds. The summed E-state index contributed by atoms with van der Waals surface area (Å²) in [6, 6.07) is 6.01. The maximum absolute atomic E-state index is 8.66. The van der Waals surface area contributed by atoms with E-state index in [9.17, 15) is 0 Å². The molecular weight excluding hydrogens is 298 g/mol. The highest BCUT2D eigenvalue weighted by Crippen LogP contribution is 2.29. The standard InChI is InChI=1S/C12H16BrN3O2/c1-8-7-18-5-4-16(8)11-3-2-9(6-10(11)13)12(14)15-17/h2-3,6,8,17H,4-5,7H2,1H3,(H2,14,15). The van der Waals surface area contributed by atoms with Crippen LogP contribution in [0.15, 0.2) is 27.8 Å². The fourth-order valence-electron chi connectivity index (χ4n) is 2.04. The smallest absolute Gasteiger partial charge is 0.170 e. The first kappa shape index (κ1) is 13.2. The molecule has 3 N–H and O–H groups in total. The predicted octanol–water partition coefficient (Wildman–Crippen LogP) is 1.77. The highest BCUT2D eigenvalue weighted by molar-refractivity contribution is 9.10. The number of hydrogen-bond acceptors (Lipinski definition) is 4. The minimum Gasteiger partial charge on any atom is -0.409 e. The Morgan fingerprint density at radius 2 is 2.39 bits per heavy atom. The third kappa shape index (κ3) is 2.59. The summed E-state index contributed by atoms with van der Waals surface area (Å²) in [4.78, 5) is 2.28. The Labute approximate surface area is 114 Å². The van der Waals surface area contributed by atoms with Gasteiger partial charge in [-0.25, -0.2) is 0 Å². The topological polar surface area (TPSA) is 71.1 Å². The second kappa shape index (κ2) is 5.58. The first-order valence-corrected chi connectivity index (χ1v) is 6.54. The van der Waals surface area contributed by atoms with Crippen molar-refractivity contribution in [2.45, 2.75) is 13.0 Å². The minimum absolute atomic E-state index is 0.109. The van der Waals surface area contributed by atoms with Gasteiger partial charge in [0.05, 0.1) is 18.9 Å². The van der Waals surface area contributed by atoms with E-state index in [1.54, 1.807) is 0 Å². The van der Waals surface area contributed by atoms with Gasteiger partial charge < -0.3 is 20.6 Å². The molecular formula is C12H16BrN3O2. The zero-order chi connectivity index (χ0) is 13.1. The molecule has 6 heteroatoms. The molecule has 1 atom stereocenters. The fourth-order valence-corrected chi connectivity index (χ4v) is 2.65. The van der Waals surface area contributed by atoms with Gasteiger partial charge in [-0.15, -0.1) is 0 Å². The van der Waals surface area contributed by atoms with E-state index in [1.807, 2.05) is 18.2 Å². The normalized spacial score (nSPS) is 21.1. The monoisotopic (exact) mass is 313 g/mol. The van der Waals surface area contributed by atoms with Crippen LogP contribution in [0.1, 0.15) is 12.5 Å². The van der Waals surface area contributed by atoms with E-state index in [4.69, 9.17) is 15.7 Å². The number of halogens is 1. The van der Waals surface area contributed by atoms with Crippen LogP contribution in [-0.4, -0.2) is 36.8 Å². The predicted molar refractivity (Wildman–Crippen MR) is 74.3 cm³/mol. The van der Waals surface area contributed by atoms with Crippen molar-refractivity contribution in [2.24, 2.45) is 10.9 Å². The van der Waals surface area contributed by atoms with Gasteiger partial charge in [-0.1, -0.05) is 5.16 Å². The molecule has 2 rings (SSSR count). The summed E-state index contributed by atoms with van der Waals surface area (Å²) < 4.78 is 6.35. The average Bonchev–Trinajstić information content (AvgIpc) is 2.39. The molecule has 1 fully saturated rings. The second-order valence-corrected chi connectivity index (χ2v) is 5.12. The molecule has 1 aromatic carbocycles. The fraction of sp³-hybridized carbons (Fsp3) is 0.417. The van der Waals surface area contributed by atoms with Gasteiger partial charge >= 0.3 is 0 Å². The molecule has 0 spiro atoms. The average molecular weight is 314 g/mol. The zero-order valence-electron chi connectivity index (χ0n) is 10.1. The van der Waals surface area contributed by atoms with E-state index in [0.717, 1.165) is 29.9 Å². The van der Waals surface area contributed by atoms with Gasteiger partial charge in [0.25, 0.3) is 0 Å². The number of oxime groups is 1. The van der Waals surface area contributed by atoms with Gasteiger partial charge in [0, 0.05) is 22.6 Å². The van der Waals surface area contributed by atoms with Crippen LogP contribution < -0.4 is 10.6 Å². The van der Waals surface area contributed by atoms with E-state index in [0.29, 0.717) is 11.6 Å². The van der Waals surface area contributed by atoms with E-state index in [-0.39, 0.29) is 5.84 Å². The Morgan fingerprint density at radius 1 is 1.61 bits per heavy atom. The van der Waals surface area contributed by atoms with Crippen LogP contribution in [-0.2, 0) is 4.74 Å². The van der Waals surface area contributed by atoms with Crippen molar-refractivity contribution in [1.82, 2.24) is 0 Å². The largest absolute Gasteiger partial charge is 0.409 e. The molecule has 5 nitrogen and oxygen atoms in total. The van der Waals surface area contributed by atoms with Gasteiger partial charge in [0.2, 0.25) is 0 Å². The third-order valence-corrected chi connectivity index (χ3v) is 3.66. The Morgan fingerprint density at radius 3 is 3.00 bits per heavy atom. The quantitative estimate of drug-likeness (QED) is 0.378. The van der Waals surface area contributed by atoms with Crippen molar-refractivity contribution in [2.75, 3.05) is 24.7 Å². The number of ether oxygens (including phenoxy) is 1. The number of morpholine rings is 1. The molecule has 0 bridgehead atoms. The molecule has 0 saturated carbocycles. The molecule has 18 heavy (non-hydrogen) atoms. The van der Waals surface area contributed by atoms with Crippen molar-refractivity contribution in [3.8, 4) is 0 Å². The van der Waals surface area contributed by atoms with Crippen molar-refractivity contribution in [1.29, 1.82) is 0 Å². The SMILES string of the molecule is CC1COCCN1c1ccc(/C(N)=N/O)cc1Br. The van der Waals surface area contributed by atoms with Crippen LogP contribution in [0.3, 0.4) is 0 Å². The molecule has 1 aliphatic rings. The van der Waals surface area contributed by atoms with Gasteiger partial charge in [0.15, 0.2) is 5.84 Å². The molecule has 0 aliphatic carbocycles. The molecule has 98 valence electrons. The van der Waals surface area contributed by atoms with Crippen molar-refractivity contribution < 1.29 is 9.94 Å². The lowest BCUT2D eigenvalue weighted by Crippen LogP contribution is -2.43. The van der Waals surface area contributed by atoms with Gasteiger partial charge in [-0.3, -0.25) is 0 Å². The van der Waals surface area contributed by atoms with E-state index in [1.165, 1.54) is 0 Å². The van der Waals surface area contributed by atoms with Crippen LogP contribution >= 0.6 is 15.9 Å². The summed E-state index contributed by atoms with van der Waals surface area (Å²) in [7, 11) is 0. The molecule has 0 aromatic heterocycles. The summed E-state index contributed by atoms with van der Waals surface area (Å²) in [6.45, 7) is 4.46. The summed E-state index contributed by atoms with van der Waals surface area (Å²) in [5, 5.41) is 11.7. The summed E-state index contributed by atoms with van der Waals surface area (Å²) in [5.41, 5.74) is 7.35. The Kier molecular flexibility index (Phi) is 4.08. The molecule has 1 aliphatic heterocycles. The van der Waals surface area contributed by atoms with Crippen molar-refractivity contribution >= 4 is 27.5 Å². The number of hydrogen-bond donors (Lipinski definition) is 2. The lowest BCUT2D eigenvalue weighted by molar-refractivity contribution is 0.0989. The van der Waals surface area contributed by atoms with Crippen molar-refractivity contribution in [3.05, 3.63) is 28.2 Å². The van der Waals surface area contributed by atoms with Crippen LogP contribution in [0.4, 0.5) is 5.69 Å². The van der Waals surface area contributed by atoms with Crippen LogP contribution in [0.25, 0.3) is 0 Å². The van der Waals surface area contributed by atoms with Gasteiger partial charge in [-0.05, 0) is 41.1 Å². The first-order valence-electron chi connectivity index (χ1n) is 5.75. The zero-order valence-corrected chi connectivity index (χ0v) is 11.7. The number of benzene rings is 1. The number of nitrogens with zero attached hydrogens (tertiary/aromatic N) is 2. The summed E-state index contributed by atoms with van der Waals surface area (Å²) in [5.74, 6) is 0.109. The van der Waals surface area contributed by atoms with E-state index >= 15 is 0 Å². The molecule has 1 unspecified atom stereocenters. The number of rotatable bonds is 2. The van der Waals surface area contributed by atoms with Gasteiger partial charge in [-0.2, -0.15) is 0 Å². The molecule has 1 saturated heterocycles. The first-order chi connectivity index (χ1) is 8.63. The van der Waals surface area contributed by atoms with Crippen LogP contribution in [0, 0.1) is 0 Å². The molecule has 0 radical (unpaired) electrons. The number of nitrogens with two attached hydrogens (primary N) is 1. The highest BCUT2D eigenvalue weighted by atomic mass is 79.9. The van der Waals surface area contributed by atoms with Gasteiger partial charge in [0.1, 0.15) is 0 Å². The number of amidine groups is 1. The maximum atomic E-state index is 8.66. The van der Waals surface area contributed by atoms with Crippen molar-refractivity contribution in [3.63, 3.8) is 0 Å². The molecule has 1 heterocycles. The Bertz CT molecular complexity index is 465. The van der Waals surface area contributed by atoms with Crippen LogP contribution in [0.5, 0.6) is 0 Å². The Hall–Kier alpha value is -1.27. The van der Waals surface area contributed by atoms with Crippen LogP contribution in [0.2, 0.25) is 0 Å². The number of anilines is 1. The lowest BCUT2D eigenvalue weighted by atomic mass is 10.1. The van der Waals surface area contributed by atoms with E-state index in [2.05, 4.69) is 32.9 Å². The second-order valence-electron chi connectivity index (χ2n) is 4.27. The lowest BCUT2D eigenvalue weighted by Gasteiger charge is -2.36. The minimum atomic E-state index is 0.109. The third-order valence-electron chi connectivity index (χ3n) is 3.03. The highest BCUT2D eigenvalue weighted by Gasteiger charge is 2.21. The Balaban J connectivity index is 2.29. The molecule has 1 aromatic rings. The maximum Gasteiger partial charge on any atom is 0.170 e. The van der Waals surface area contributed by atoms with E-state index < -0.39 is 0 Å². The summed E-state index contributed by atoms with van der Waals surface area (Å²) in [6.07, 6.45) is 0.